The highest BCUT2D eigenvalue weighted by Gasteiger charge is 2.21. The number of imidazole rings is 1. The zero-order valence-corrected chi connectivity index (χ0v) is 13.3. The number of nitrogens with one attached hydrogen (secondary N) is 1. The number of benzene rings is 1. The molecule has 0 aliphatic heterocycles. The minimum Gasteiger partial charge on any atom is -0.378 e. The average Bonchev–Trinajstić information content (AvgIpc) is 2.97. The fraction of sp³-hybridized carbons (Fsp3) is 0.333. The molecule has 0 amide bonds. The summed E-state index contributed by atoms with van der Waals surface area (Å²) in [5.41, 5.74) is 3.54. The highest BCUT2D eigenvalue weighted by atomic mass is 32.1. The second kappa shape index (κ2) is 5.11. The van der Waals surface area contributed by atoms with E-state index in [4.69, 9.17) is 4.98 Å². The molecular weight excluding hydrogens is 287 g/mol. The molecule has 0 saturated carbocycles. The van der Waals surface area contributed by atoms with Crippen LogP contribution < -0.4 is 5.32 Å². The van der Waals surface area contributed by atoms with Crippen LogP contribution >= 0.6 is 11.5 Å². The number of hydrogen-bond donors (Lipinski definition) is 1. The molecular formula is C15H17FN4S. The van der Waals surface area contributed by atoms with Crippen molar-refractivity contribution in [2.45, 2.75) is 26.8 Å². The standard InChI is InChI=1S/C15H17FN4S/c1-8(2)20-12-7-10(16)5-6-11(12)18-14(20)13-9(3)19-21-15(13)17-4/h5-8,17H,1-4H3. The van der Waals surface area contributed by atoms with E-state index in [9.17, 15) is 4.39 Å². The second-order valence-corrected chi connectivity index (χ2v) is 6.03. The zero-order valence-electron chi connectivity index (χ0n) is 12.4. The van der Waals surface area contributed by atoms with Gasteiger partial charge in [-0.05, 0) is 50.5 Å². The van der Waals surface area contributed by atoms with Gasteiger partial charge < -0.3 is 9.88 Å². The molecule has 6 heteroatoms. The number of aryl methyl sites for hydroxylation is 1. The maximum Gasteiger partial charge on any atom is 0.146 e. The fourth-order valence-electron chi connectivity index (χ4n) is 2.57. The minimum absolute atomic E-state index is 0.177. The summed E-state index contributed by atoms with van der Waals surface area (Å²) in [6.07, 6.45) is 0. The van der Waals surface area contributed by atoms with Gasteiger partial charge in [-0.2, -0.15) is 4.37 Å². The third kappa shape index (κ3) is 2.19. The molecule has 0 fully saturated rings. The molecule has 0 spiro atoms. The molecule has 0 unspecified atom stereocenters. The van der Waals surface area contributed by atoms with Gasteiger partial charge in [0.25, 0.3) is 0 Å². The van der Waals surface area contributed by atoms with Gasteiger partial charge in [-0.25, -0.2) is 9.37 Å². The van der Waals surface area contributed by atoms with Gasteiger partial charge in [0.05, 0.1) is 22.3 Å². The van der Waals surface area contributed by atoms with E-state index >= 15 is 0 Å². The highest BCUT2D eigenvalue weighted by molar-refractivity contribution is 7.10. The SMILES string of the molecule is CNc1snc(C)c1-c1nc2ccc(F)cc2n1C(C)C. The monoisotopic (exact) mass is 304 g/mol. The Morgan fingerprint density at radius 2 is 2.10 bits per heavy atom. The summed E-state index contributed by atoms with van der Waals surface area (Å²) in [4.78, 5) is 4.71. The quantitative estimate of drug-likeness (QED) is 0.787. The summed E-state index contributed by atoms with van der Waals surface area (Å²) in [5.74, 6) is 0.589. The van der Waals surface area contributed by atoms with Crippen molar-refractivity contribution in [2.75, 3.05) is 12.4 Å². The first-order valence-corrected chi connectivity index (χ1v) is 7.62. The second-order valence-electron chi connectivity index (χ2n) is 5.25. The van der Waals surface area contributed by atoms with Crippen molar-refractivity contribution in [3.63, 3.8) is 0 Å². The van der Waals surface area contributed by atoms with Crippen LogP contribution in [-0.2, 0) is 0 Å². The normalized spacial score (nSPS) is 11.5. The summed E-state index contributed by atoms with van der Waals surface area (Å²) in [7, 11) is 1.87. The Bertz CT molecular complexity index is 803. The van der Waals surface area contributed by atoms with Crippen molar-refractivity contribution in [1.82, 2.24) is 13.9 Å². The molecule has 0 bridgehead atoms. The van der Waals surface area contributed by atoms with E-state index in [1.807, 2.05) is 14.0 Å². The number of hydrogen-bond acceptors (Lipinski definition) is 4. The van der Waals surface area contributed by atoms with E-state index < -0.39 is 0 Å². The Kier molecular flexibility index (Phi) is 3.41. The van der Waals surface area contributed by atoms with Crippen molar-refractivity contribution >= 4 is 27.6 Å². The number of nitrogens with zero attached hydrogens (tertiary/aromatic N) is 3. The number of anilines is 1. The van der Waals surface area contributed by atoms with E-state index in [-0.39, 0.29) is 11.9 Å². The molecule has 0 aliphatic rings. The zero-order chi connectivity index (χ0) is 15.1. The van der Waals surface area contributed by atoms with Gasteiger partial charge in [-0.3, -0.25) is 0 Å². The Hall–Kier alpha value is -1.95. The first kappa shape index (κ1) is 14.0. The number of rotatable bonds is 3. The molecule has 3 aromatic rings. The van der Waals surface area contributed by atoms with Gasteiger partial charge >= 0.3 is 0 Å². The summed E-state index contributed by atoms with van der Waals surface area (Å²) < 4.78 is 20.1. The molecule has 3 rings (SSSR count). The molecule has 1 aromatic carbocycles. The third-order valence-corrected chi connectivity index (χ3v) is 4.44. The van der Waals surface area contributed by atoms with Crippen LogP contribution in [0.15, 0.2) is 18.2 Å². The minimum atomic E-state index is -0.246. The Labute approximate surface area is 126 Å². The molecule has 0 saturated heterocycles. The van der Waals surface area contributed by atoms with Crippen LogP contribution in [0.25, 0.3) is 22.4 Å². The van der Waals surface area contributed by atoms with Crippen LogP contribution in [0.4, 0.5) is 9.39 Å². The maximum absolute atomic E-state index is 13.6. The molecule has 2 aromatic heterocycles. The number of halogens is 1. The molecule has 21 heavy (non-hydrogen) atoms. The van der Waals surface area contributed by atoms with Gasteiger partial charge in [0, 0.05) is 13.1 Å². The van der Waals surface area contributed by atoms with Crippen LogP contribution in [0.2, 0.25) is 0 Å². The summed E-state index contributed by atoms with van der Waals surface area (Å²) in [6, 6.07) is 4.89. The topological polar surface area (TPSA) is 42.7 Å². The van der Waals surface area contributed by atoms with Crippen molar-refractivity contribution in [3.05, 3.63) is 29.7 Å². The number of fused-ring (bicyclic) bond motifs is 1. The van der Waals surface area contributed by atoms with Crippen molar-refractivity contribution < 1.29 is 4.39 Å². The average molecular weight is 304 g/mol. The lowest BCUT2D eigenvalue weighted by Gasteiger charge is -2.13. The third-order valence-electron chi connectivity index (χ3n) is 3.48. The van der Waals surface area contributed by atoms with Crippen LogP contribution in [-0.4, -0.2) is 21.0 Å². The van der Waals surface area contributed by atoms with Crippen molar-refractivity contribution in [2.24, 2.45) is 0 Å². The lowest BCUT2D eigenvalue weighted by Crippen LogP contribution is -2.04. The smallest absolute Gasteiger partial charge is 0.146 e. The van der Waals surface area contributed by atoms with E-state index in [0.717, 1.165) is 33.1 Å². The largest absolute Gasteiger partial charge is 0.378 e. The van der Waals surface area contributed by atoms with Gasteiger partial charge in [0.2, 0.25) is 0 Å². The van der Waals surface area contributed by atoms with Gasteiger partial charge in [-0.1, -0.05) is 0 Å². The van der Waals surface area contributed by atoms with Crippen molar-refractivity contribution in [3.8, 4) is 11.4 Å². The van der Waals surface area contributed by atoms with Crippen LogP contribution in [0.5, 0.6) is 0 Å². The van der Waals surface area contributed by atoms with Gasteiger partial charge in [0.1, 0.15) is 16.6 Å². The predicted octanol–water partition coefficient (Wildman–Crippen LogP) is 4.23. The summed E-state index contributed by atoms with van der Waals surface area (Å²) in [6.45, 7) is 6.12. The fourth-order valence-corrected chi connectivity index (χ4v) is 3.31. The number of aromatic nitrogens is 3. The maximum atomic E-state index is 13.6. The van der Waals surface area contributed by atoms with E-state index in [1.165, 1.54) is 17.6 Å². The summed E-state index contributed by atoms with van der Waals surface area (Å²) >= 11 is 1.42. The molecule has 0 aliphatic carbocycles. The molecule has 110 valence electrons. The van der Waals surface area contributed by atoms with E-state index in [0.29, 0.717) is 0 Å². The van der Waals surface area contributed by atoms with Crippen LogP contribution in [0.3, 0.4) is 0 Å². The van der Waals surface area contributed by atoms with Crippen LogP contribution in [0, 0.1) is 12.7 Å². The Balaban J connectivity index is 2.36. The van der Waals surface area contributed by atoms with E-state index in [1.54, 1.807) is 12.1 Å². The lowest BCUT2D eigenvalue weighted by atomic mass is 10.2. The molecule has 0 atom stereocenters. The lowest BCUT2D eigenvalue weighted by molar-refractivity contribution is 0.613. The molecule has 0 radical (unpaired) electrons. The molecule has 4 nitrogen and oxygen atoms in total. The van der Waals surface area contributed by atoms with Gasteiger partial charge in [-0.15, -0.1) is 0 Å². The molecule has 1 N–H and O–H groups in total. The Morgan fingerprint density at radius 3 is 2.76 bits per heavy atom. The highest BCUT2D eigenvalue weighted by Crippen LogP contribution is 2.37. The van der Waals surface area contributed by atoms with Crippen LogP contribution in [0.1, 0.15) is 25.6 Å². The first-order valence-electron chi connectivity index (χ1n) is 6.84. The first-order chi connectivity index (χ1) is 10.0. The van der Waals surface area contributed by atoms with Crippen molar-refractivity contribution in [1.29, 1.82) is 0 Å². The predicted molar refractivity (Wildman–Crippen MR) is 85.5 cm³/mol. The van der Waals surface area contributed by atoms with Gasteiger partial charge in [0.15, 0.2) is 0 Å². The Morgan fingerprint density at radius 1 is 1.33 bits per heavy atom. The summed E-state index contributed by atoms with van der Waals surface area (Å²) in [5, 5.41) is 4.14. The van der Waals surface area contributed by atoms with E-state index in [2.05, 4.69) is 28.1 Å². The molecule has 2 heterocycles.